The number of nitrogens with one attached hydrogen (secondary N) is 2. The minimum atomic E-state index is -0.0679. The van der Waals surface area contributed by atoms with Crippen molar-refractivity contribution in [2.45, 2.75) is 6.54 Å². The third kappa shape index (κ3) is 4.57. The van der Waals surface area contributed by atoms with Crippen LogP contribution in [-0.2, 0) is 6.54 Å². The Kier molecular flexibility index (Phi) is 6.50. The zero-order valence-corrected chi connectivity index (χ0v) is 19.9. The lowest BCUT2D eigenvalue weighted by molar-refractivity contribution is 0.134. The van der Waals surface area contributed by atoms with Gasteiger partial charge in [0.2, 0.25) is 0 Å². The number of carbonyl (C=O) groups is 1. The predicted molar refractivity (Wildman–Crippen MR) is 131 cm³/mol. The third-order valence-electron chi connectivity index (χ3n) is 6.78. The topological polar surface area (TPSA) is 68.7 Å². The Morgan fingerprint density at radius 3 is 2.66 bits per heavy atom. The van der Waals surface area contributed by atoms with Gasteiger partial charge in [-0.05, 0) is 29.5 Å². The zero-order valence-electron chi connectivity index (χ0n) is 18.3. The van der Waals surface area contributed by atoms with Gasteiger partial charge in [-0.3, -0.25) is 4.90 Å². The molecule has 5 rings (SSSR count). The van der Waals surface area contributed by atoms with Crippen LogP contribution < -0.4 is 14.9 Å². The van der Waals surface area contributed by atoms with E-state index in [-0.39, 0.29) is 6.03 Å². The summed E-state index contributed by atoms with van der Waals surface area (Å²) < 4.78 is 4.47. The molecule has 3 fully saturated rings. The summed E-state index contributed by atoms with van der Waals surface area (Å²) in [5, 5.41) is 8.64. The van der Waals surface area contributed by atoms with Gasteiger partial charge in [-0.15, -0.1) is 5.10 Å². The molecule has 0 radical (unpaired) electrons. The Balaban J connectivity index is 1.17. The lowest BCUT2D eigenvalue weighted by Crippen LogP contribution is -2.49. The van der Waals surface area contributed by atoms with Gasteiger partial charge in [-0.2, -0.15) is 4.68 Å². The first-order valence-corrected chi connectivity index (χ1v) is 12.8. The molecule has 10 heteroatoms. The SMILES string of the molecule is CSNc1ccn(C(=O)N2CCN(Cc3ccc(Cl)c(N4CC5CNCC5C4)c3)CC2)n1. The summed E-state index contributed by atoms with van der Waals surface area (Å²) in [7, 11) is 0. The molecule has 2 unspecified atom stereocenters. The van der Waals surface area contributed by atoms with Crippen LogP contribution in [0, 0.1) is 11.8 Å². The number of fused-ring (bicyclic) bond motifs is 1. The highest BCUT2D eigenvalue weighted by Gasteiger charge is 2.36. The molecular weight excluding hydrogens is 446 g/mol. The molecule has 1 aromatic carbocycles. The summed E-state index contributed by atoms with van der Waals surface area (Å²) in [5.74, 6) is 2.17. The maximum Gasteiger partial charge on any atom is 0.344 e. The summed E-state index contributed by atoms with van der Waals surface area (Å²) in [4.78, 5) is 19.5. The second-order valence-electron chi connectivity index (χ2n) is 8.87. The number of amides is 1. The summed E-state index contributed by atoms with van der Waals surface area (Å²) >= 11 is 8.04. The minimum absolute atomic E-state index is 0.0679. The fourth-order valence-corrected chi connectivity index (χ4v) is 5.60. The first-order valence-electron chi connectivity index (χ1n) is 11.2. The van der Waals surface area contributed by atoms with Crippen LogP contribution in [0.1, 0.15) is 5.56 Å². The van der Waals surface area contributed by atoms with Gasteiger partial charge in [0.1, 0.15) is 0 Å². The molecule has 4 heterocycles. The number of piperazine rings is 1. The van der Waals surface area contributed by atoms with Crippen LogP contribution in [-0.4, -0.2) is 84.2 Å². The highest BCUT2D eigenvalue weighted by molar-refractivity contribution is 7.99. The van der Waals surface area contributed by atoms with Crippen molar-refractivity contribution in [1.82, 2.24) is 24.9 Å². The number of hydrogen-bond donors (Lipinski definition) is 2. The molecule has 2 atom stereocenters. The normalized spacial score (nSPS) is 23.6. The number of benzene rings is 1. The van der Waals surface area contributed by atoms with Crippen LogP contribution in [0.3, 0.4) is 0 Å². The average molecular weight is 476 g/mol. The first-order chi connectivity index (χ1) is 15.6. The van der Waals surface area contributed by atoms with Crippen LogP contribution >= 0.6 is 23.5 Å². The smallest absolute Gasteiger partial charge is 0.344 e. The third-order valence-corrected chi connectivity index (χ3v) is 7.51. The molecular formula is C22H30ClN7OS. The quantitative estimate of drug-likeness (QED) is 0.644. The highest BCUT2D eigenvalue weighted by Crippen LogP contribution is 2.35. The number of hydrogen-bond acceptors (Lipinski definition) is 7. The second kappa shape index (κ2) is 9.51. The van der Waals surface area contributed by atoms with E-state index in [0.29, 0.717) is 18.9 Å². The van der Waals surface area contributed by atoms with Crippen molar-refractivity contribution in [3.63, 3.8) is 0 Å². The molecule has 1 aromatic heterocycles. The highest BCUT2D eigenvalue weighted by atomic mass is 35.5. The molecule has 0 aliphatic carbocycles. The van der Waals surface area contributed by atoms with Gasteiger partial charge in [0.15, 0.2) is 5.82 Å². The summed E-state index contributed by atoms with van der Waals surface area (Å²) in [6.07, 6.45) is 3.64. The first kappa shape index (κ1) is 21.9. The number of rotatable bonds is 5. The van der Waals surface area contributed by atoms with Crippen molar-refractivity contribution >= 4 is 41.1 Å². The summed E-state index contributed by atoms with van der Waals surface area (Å²) in [6.45, 7) is 8.38. The van der Waals surface area contributed by atoms with E-state index in [1.165, 1.54) is 27.9 Å². The monoisotopic (exact) mass is 475 g/mol. The molecule has 0 spiro atoms. The molecule has 3 aliphatic heterocycles. The maximum atomic E-state index is 12.7. The summed E-state index contributed by atoms with van der Waals surface area (Å²) in [6, 6.07) is 8.18. The Morgan fingerprint density at radius 2 is 1.94 bits per heavy atom. The minimum Gasteiger partial charge on any atom is -0.370 e. The Bertz CT molecular complexity index is 950. The fraction of sp³-hybridized carbons (Fsp3) is 0.545. The number of nitrogens with zero attached hydrogens (tertiary/aromatic N) is 5. The van der Waals surface area contributed by atoms with Crippen LogP contribution in [0.2, 0.25) is 5.02 Å². The van der Waals surface area contributed by atoms with E-state index in [4.69, 9.17) is 11.6 Å². The molecule has 3 aliphatic rings. The van der Waals surface area contributed by atoms with Crippen LogP contribution in [0.25, 0.3) is 0 Å². The van der Waals surface area contributed by atoms with E-state index in [1.54, 1.807) is 6.20 Å². The Morgan fingerprint density at radius 1 is 1.19 bits per heavy atom. The van der Waals surface area contributed by atoms with Gasteiger partial charge >= 0.3 is 6.03 Å². The molecule has 0 saturated carbocycles. The number of aromatic nitrogens is 2. The molecule has 3 saturated heterocycles. The summed E-state index contributed by atoms with van der Waals surface area (Å²) in [5.41, 5.74) is 2.44. The molecule has 8 nitrogen and oxygen atoms in total. The Labute approximate surface area is 198 Å². The van der Waals surface area contributed by atoms with Crippen LogP contribution in [0.5, 0.6) is 0 Å². The van der Waals surface area contributed by atoms with Gasteiger partial charge in [-0.25, -0.2) is 4.79 Å². The van der Waals surface area contributed by atoms with Gasteiger partial charge in [0.05, 0.1) is 10.7 Å². The van der Waals surface area contributed by atoms with E-state index in [0.717, 1.165) is 62.7 Å². The van der Waals surface area contributed by atoms with Gasteiger partial charge in [-0.1, -0.05) is 29.6 Å². The fourth-order valence-electron chi connectivity index (χ4n) is 5.04. The lowest BCUT2D eigenvalue weighted by atomic mass is 10.0. The van der Waals surface area contributed by atoms with Gasteiger partial charge < -0.3 is 19.8 Å². The van der Waals surface area contributed by atoms with Crippen LogP contribution in [0.4, 0.5) is 16.3 Å². The average Bonchev–Trinajstić information content (AvgIpc) is 3.52. The van der Waals surface area contributed by atoms with Gasteiger partial charge in [0.25, 0.3) is 0 Å². The van der Waals surface area contributed by atoms with Crippen LogP contribution in [0.15, 0.2) is 30.5 Å². The number of carbonyl (C=O) groups excluding carboxylic acids is 1. The van der Waals surface area contributed by atoms with E-state index in [1.807, 2.05) is 23.3 Å². The molecule has 0 bridgehead atoms. The standard InChI is InChI=1S/C22H30ClN7OS/c1-32-26-21-4-5-30(25-21)22(31)28-8-6-27(7-9-28)13-16-2-3-19(23)20(10-16)29-14-17-11-24-12-18(17)15-29/h2-5,10,17-18,24H,6-9,11-15H2,1H3,(H,25,26). The molecule has 172 valence electrons. The van der Waals surface area contributed by atoms with E-state index < -0.39 is 0 Å². The molecule has 2 N–H and O–H groups in total. The van der Waals surface area contributed by atoms with Crippen molar-refractivity contribution < 1.29 is 4.79 Å². The van der Waals surface area contributed by atoms with E-state index in [9.17, 15) is 4.79 Å². The zero-order chi connectivity index (χ0) is 22.1. The maximum absolute atomic E-state index is 12.7. The largest absolute Gasteiger partial charge is 0.370 e. The van der Waals surface area contributed by atoms with Gasteiger partial charge in [0, 0.05) is 77.4 Å². The lowest BCUT2D eigenvalue weighted by Gasteiger charge is -2.34. The van der Waals surface area contributed by atoms with Crippen molar-refractivity contribution in [2.24, 2.45) is 11.8 Å². The van der Waals surface area contributed by atoms with Crippen molar-refractivity contribution in [3.05, 3.63) is 41.0 Å². The van der Waals surface area contributed by atoms with E-state index in [2.05, 4.69) is 37.1 Å². The van der Waals surface area contributed by atoms with Crippen molar-refractivity contribution in [3.8, 4) is 0 Å². The van der Waals surface area contributed by atoms with Crippen molar-refractivity contribution in [1.29, 1.82) is 0 Å². The molecule has 2 aromatic rings. The van der Waals surface area contributed by atoms with Crippen molar-refractivity contribution in [2.75, 3.05) is 68.2 Å². The Hall–Kier alpha value is -1.94. The predicted octanol–water partition coefficient (Wildman–Crippen LogP) is 2.67. The molecule has 1 amide bonds. The number of anilines is 2. The number of halogens is 1. The molecule has 32 heavy (non-hydrogen) atoms. The van der Waals surface area contributed by atoms with E-state index >= 15 is 0 Å². The second-order valence-corrected chi connectivity index (χ2v) is 9.89.